The van der Waals surface area contributed by atoms with E-state index in [1.165, 1.54) is 31.4 Å². The fourth-order valence-electron chi connectivity index (χ4n) is 2.46. The van der Waals surface area contributed by atoms with E-state index in [0.29, 0.717) is 29.4 Å². The molecule has 0 radical (unpaired) electrons. The van der Waals surface area contributed by atoms with Crippen LogP contribution < -0.4 is 10.0 Å². The molecule has 0 bridgehead atoms. The van der Waals surface area contributed by atoms with Crippen LogP contribution in [0.15, 0.2) is 64.4 Å². The van der Waals surface area contributed by atoms with E-state index >= 15 is 0 Å². The molecule has 0 atom stereocenters. The largest absolute Gasteiger partial charge is 0.387 e. The molecule has 0 saturated heterocycles. The number of amides is 1. The topological polar surface area (TPSA) is 132 Å². The molecule has 34 heavy (non-hydrogen) atoms. The lowest BCUT2D eigenvalue weighted by atomic mass is 10.1. The first-order valence-corrected chi connectivity index (χ1v) is 12.8. The Hall–Kier alpha value is -2.87. The summed E-state index contributed by atoms with van der Waals surface area (Å²) in [5, 5.41) is 6.83. The highest BCUT2D eigenvalue weighted by molar-refractivity contribution is 8.02. The Balaban J connectivity index is 2.22. The zero-order chi connectivity index (χ0) is 25.0. The van der Waals surface area contributed by atoms with Crippen LogP contribution >= 0.6 is 24.2 Å². The normalized spacial score (nSPS) is 11.5. The van der Waals surface area contributed by atoms with Gasteiger partial charge in [-0.25, -0.2) is 18.4 Å². The van der Waals surface area contributed by atoms with E-state index in [1.807, 2.05) is 0 Å². The first-order chi connectivity index (χ1) is 16.2. The van der Waals surface area contributed by atoms with E-state index in [4.69, 9.17) is 21.8 Å². The Kier molecular flexibility index (Phi) is 11.1. The number of thiocarbonyl (C=S) groups is 1. The minimum Gasteiger partial charge on any atom is -0.387 e. The Morgan fingerprint density at radius 1 is 1.24 bits per heavy atom. The molecule has 0 aliphatic rings. The number of benzene rings is 1. The highest BCUT2D eigenvalue weighted by Crippen LogP contribution is 2.15. The van der Waals surface area contributed by atoms with Gasteiger partial charge in [-0.2, -0.15) is 0 Å². The molecule has 1 heterocycles. The molecule has 10 nitrogen and oxygen atoms in total. The summed E-state index contributed by atoms with van der Waals surface area (Å²) in [6.07, 6.45) is 3.49. The summed E-state index contributed by atoms with van der Waals surface area (Å²) < 4.78 is 32.7. The zero-order valence-electron chi connectivity index (χ0n) is 18.7. The van der Waals surface area contributed by atoms with Crippen molar-refractivity contribution < 1.29 is 22.8 Å². The van der Waals surface area contributed by atoms with Gasteiger partial charge in [-0.15, -0.1) is 0 Å². The minimum absolute atomic E-state index is 0.0505. The van der Waals surface area contributed by atoms with Crippen molar-refractivity contribution in [2.24, 2.45) is 5.16 Å². The summed E-state index contributed by atoms with van der Waals surface area (Å²) >= 11 is 5.98. The molecule has 0 unspecified atom stereocenters. The van der Waals surface area contributed by atoms with Crippen LogP contribution in [0.3, 0.4) is 0 Å². The molecule has 0 aliphatic heterocycles. The molecule has 0 fully saturated rings. The molecule has 0 saturated carbocycles. The number of sulfone groups is 1. The van der Waals surface area contributed by atoms with Crippen molar-refractivity contribution in [3.63, 3.8) is 0 Å². The summed E-state index contributed by atoms with van der Waals surface area (Å²) in [4.78, 5) is 26.9. The fourth-order valence-corrected chi connectivity index (χ4v) is 4.28. The summed E-state index contributed by atoms with van der Waals surface area (Å²) in [7, 11) is -1.98. The summed E-state index contributed by atoms with van der Waals surface area (Å²) in [5.74, 6) is -0.277. The number of nitrogens with zero attached hydrogens (tertiary/aromatic N) is 3. The maximum atomic E-state index is 12.9. The van der Waals surface area contributed by atoms with Crippen molar-refractivity contribution in [2.75, 3.05) is 19.5 Å². The zero-order valence-corrected chi connectivity index (χ0v) is 21.1. The summed E-state index contributed by atoms with van der Waals surface area (Å²) in [6, 6.07) is 7.47. The van der Waals surface area contributed by atoms with Crippen LogP contribution in [0.2, 0.25) is 0 Å². The third-order valence-electron chi connectivity index (χ3n) is 4.00. The quantitative estimate of drug-likeness (QED) is 0.133. The van der Waals surface area contributed by atoms with Gasteiger partial charge in [0.25, 0.3) is 5.91 Å². The number of nitrogens with one attached hydrogen (secondary N) is 2. The lowest BCUT2D eigenvalue weighted by Crippen LogP contribution is -2.31. The first-order valence-electron chi connectivity index (χ1n) is 9.94. The standard InChI is InChI=1S/C21H25N5O5S3/c1-15(32)26-33-16(2)24-21(27)20(25-31-14-19-22-10-4-11-23-19)17-6-8-18(9-7-17)34(28,29)13-5-12-30-3/h4,6-11H,2,5,12-14H2,1,3H3,(H,24,27)(H,26,32)/b25-20+. The van der Waals surface area contributed by atoms with Gasteiger partial charge in [-0.05, 0) is 31.5 Å². The molecular formula is C21H25N5O5S3. The number of rotatable bonds is 13. The third kappa shape index (κ3) is 9.17. The molecule has 1 aromatic heterocycles. The maximum Gasteiger partial charge on any atom is 0.278 e. The van der Waals surface area contributed by atoms with Gasteiger partial charge in [0.2, 0.25) is 0 Å². The van der Waals surface area contributed by atoms with Crippen LogP contribution in [0, 0.1) is 0 Å². The van der Waals surface area contributed by atoms with E-state index in [1.54, 1.807) is 25.4 Å². The predicted octanol–water partition coefficient (Wildman–Crippen LogP) is 2.38. The number of hydrogen-bond acceptors (Lipinski definition) is 10. The highest BCUT2D eigenvalue weighted by Gasteiger charge is 2.19. The fraction of sp³-hybridized carbons (Fsp3) is 0.286. The van der Waals surface area contributed by atoms with Crippen LogP contribution in [0.4, 0.5) is 0 Å². The second-order valence-electron chi connectivity index (χ2n) is 6.71. The van der Waals surface area contributed by atoms with Crippen LogP contribution in [-0.4, -0.2) is 54.5 Å². The number of ether oxygens (including phenoxy) is 1. The lowest BCUT2D eigenvalue weighted by molar-refractivity contribution is -0.114. The van der Waals surface area contributed by atoms with Gasteiger partial charge in [0.15, 0.2) is 28.0 Å². The van der Waals surface area contributed by atoms with E-state index in [-0.39, 0.29) is 28.0 Å². The smallest absolute Gasteiger partial charge is 0.278 e. The molecule has 1 aromatic carbocycles. The maximum absolute atomic E-state index is 12.9. The van der Waals surface area contributed by atoms with Gasteiger partial charge in [0, 0.05) is 43.6 Å². The number of methoxy groups -OCH3 is 1. The van der Waals surface area contributed by atoms with E-state index in [9.17, 15) is 13.2 Å². The van der Waals surface area contributed by atoms with Crippen molar-refractivity contribution in [3.8, 4) is 0 Å². The monoisotopic (exact) mass is 523 g/mol. The molecule has 2 N–H and O–H groups in total. The Morgan fingerprint density at radius 2 is 1.91 bits per heavy atom. The van der Waals surface area contributed by atoms with Gasteiger partial charge >= 0.3 is 0 Å². The molecule has 13 heteroatoms. The van der Waals surface area contributed by atoms with Gasteiger partial charge in [0.05, 0.1) is 20.7 Å². The predicted molar refractivity (Wildman–Crippen MR) is 135 cm³/mol. The Labute approximate surface area is 208 Å². The molecule has 0 spiro atoms. The molecule has 2 aromatic rings. The van der Waals surface area contributed by atoms with Crippen LogP contribution in [0.25, 0.3) is 0 Å². The minimum atomic E-state index is -3.49. The van der Waals surface area contributed by atoms with Crippen LogP contribution in [0.5, 0.6) is 0 Å². The van der Waals surface area contributed by atoms with Gasteiger partial charge in [-0.3, -0.25) is 4.79 Å². The van der Waals surface area contributed by atoms with E-state index < -0.39 is 15.7 Å². The molecule has 1 amide bonds. The number of aromatic nitrogens is 2. The summed E-state index contributed by atoms with van der Waals surface area (Å²) in [6.45, 7) is 5.72. The highest BCUT2D eigenvalue weighted by atomic mass is 32.2. The SMILES string of the molecule is C=C(NC(=O)/C(=N/OCc1ncccn1)c1ccc(S(=O)(=O)CCCOC)cc1)SNC(C)=S. The summed E-state index contributed by atoms with van der Waals surface area (Å²) in [5.41, 5.74) is 0.263. The van der Waals surface area contributed by atoms with Crippen LogP contribution in [0.1, 0.15) is 24.7 Å². The van der Waals surface area contributed by atoms with Gasteiger partial charge < -0.3 is 19.6 Å². The van der Waals surface area contributed by atoms with Crippen molar-refractivity contribution in [1.29, 1.82) is 0 Å². The van der Waals surface area contributed by atoms with E-state index in [2.05, 4.69) is 31.7 Å². The van der Waals surface area contributed by atoms with Gasteiger partial charge in [-0.1, -0.05) is 36.1 Å². The van der Waals surface area contributed by atoms with Crippen molar-refractivity contribution in [3.05, 3.63) is 65.7 Å². The third-order valence-corrected chi connectivity index (χ3v) is 6.81. The lowest BCUT2D eigenvalue weighted by Gasteiger charge is -2.11. The van der Waals surface area contributed by atoms with Crippen molar-refractivity contribution in [2.45, 2.75) is 24.8 Å². The van der Waals surface area contributed by atoms with Crippen molar-refractivity contribution in [1.82, 2.24) is 20.0 Å². The second kappa shape index (κ2) is 13.7. The van der Waals surface area contributed by atoms with E-state index in [0.717, 1.165) is 11.9 Å². The van der Waals surface area contributed by atoms with Crippen molar-refractivity contribution >= 4 is 50.6 Å². The number of carbonyl (C=O) groups is 1. The average Bonchev–Trinajstić information content (AvgIpc) is 2.81. The van der Waals surface area contributed by atoms with Crippen LogP contribution in [-0.2, 0) is 30.8 Å². The average molecular weight is 524 g/mol. The molecule has 0 aliphatic carbocycles. The number of carbonyl (C=O) groups excluding carboxylic acids is 1. The Bertz CT molecular complexity index is 1120. The number of oxime groups is 1. The first kappa shape index (κ1) is 27.4. The molecule has 2 rings (SSSR count). The molecular weight excluding hydrogens is 498 g/mol. The number of hydrogen-bond donors (Lipinski definition) is 2. The molecule has 182 valence electrons. The Morgan fingerprint density at radius 3 is 2.53 bits per heavy atom. The van der Waals surface area contributed by atoms with Gasteiger partial charge in [0.1, 0.15) is 0 Å². The second-order valence-corrected chi connectivity index (χ2v) is 10.3.